The minimum atomic E-state index is -1.24. The minimum absolute atomic E-state index is 0.170. The Balaban J connectivity index is 3.15. The van der Waals surface area contributed by atoms with Gasteiger partial charge in [0.1, 0.15) is 0 Å². The second-order valence-electron chi connectivity index (χ2n) is 2.04. The van der Waals surface area contributed by atoms with Crippen molar-refractivity contribution in [3.8, 4) is 0 Å². The van der Waals surface area contributed by atoms with Crippen LogP contribution in [0.2, 0.25) is 0 Å². The van der Waals surface area contributed by atoms with Crippen LogP contribution in [0.15, 0.2) is 11.4 Å². The molecule has 3 nitrogen and oxygen atoms in total. The van der Waals surface area contributed by atoms with Crippen LogP contribution in [-0.2, 0) is 10.8 Å². The fraction of sp³-hybridized carbons (Fsp3) is 0.333. The lowest BCUT2D eigenvalue weighted by molar-refractivity contribution is 0.590. The SMILES string of the molecule is Cc1nc([S@](C)=O)ncc1F. The summed E-state index contributed by atoms with van der Waals surface area (Å²) in [7, 11) is -1.24. The number of halogens is 1. The summed E-state index contributed by atoms with van der Waals surface area (Å²) in [6.07, 6.45) is 2.48. The van der Waals surface area contributed by atoms with Gasteiger partial charge in [0.25, 0.3) is 0 Å². The fourth-order valence-electron chi connectivity index (χ4n) is 0.570. The molecule has 0 aromatic carbocycles. The zero-order valence-electron chi connectivity index (χ0n) is 6.17. The van der Waals surface area contributed by atoms with E-state index in [-0.39, 0.29) is 10.9 Å². The Kier molecular flexibility index (Phi) is 2.28. The normalized spacial score (nSPS) is 13.0. The molecule has 11 heavy (non-hydrogen) atoms. The Bertz CT molecular complexity index is 303. The molecule has 1 heterocycles. The molecule has 0 saturated carbocycles. The van der Waals surface area contributed by atoms with Crippen molar-refractivity contribution >= 4 is 10.8 Å². The van der Waals surface area contributed by atoms with Gasteiger partial charge in [0, 0.05) is 6.26 Å². The predicted octanol–water partition coefficient (Wildman–Crippen LogP) is 0.662. The lowest BCUT2D eigenvalue weighted by Crippen LogP contribution is -2.00. The van der Waals surface area contributed by atoms with E-state index in [0.717, 1.165) is 6.20 Å². The van der Waals surface area contributed by atoms with Crippen LogP contribution in [0, 0.1) is 12.7 Å². The maximum Gasteiger partial charge on any atom is 0.218 e. The first-order valence-corrected chi connectivity index (χ1v) is 4.49. The molecule has 1 rings (SSSR count). The van der Waals surface area contributed by atoms with Crippen molar-refractivity contribution in [1.29, 1.82) is 0 Å². The van der Waals surface area contributed by atoms with Crippen LogP contribution in [0.1, 0.15) is 5.69 Å². The van der Waals surface area contributed by atoms with Gasteiger partial charge >= 0.3 is 0 Å². The lowest BCUT2D eigenvalue weighted by Gasteiger charge is -1.96. The van der Waals surface area contributed by atoms with E-state index in [0.29, 0.717) is 0 Å². The van der Waals surface area contributed by atoms with Crippen LogP contribution in [0.4, 0.5) is 4.39 Å². The van der Waals surface area contributed by atoms with E-state index in [4.69, 9.17) is 0 Å². The van der Waals surface area contributed by atoms with Crippen LogP contribution in [0.3, 0.4) is 0 Å². The molecule has 0 aliphatic carbocycles. The summed E-state index contributed by atoms with van der Waals surface area (Å²) in [5, 5.41) is 0.170. The molecule has 0 N–H and O–H groups in total. The van der Waals surface area contributed by atoms with Crippen molar-refractivity contribution in [2.75, 3.05) is 6.26 Å². The number of aryl methyl sites for hydroxylation is 1. The highest BCUT2D eigenvalue weighted by molar-refractivity contribution is 7.84. The zero-order valence-corrected chi connectivity index (χ0v) is 6.98. The third-order valence-electron chi connectivity index (χ3n) is 1.15. The van der Waals surface area contributed by atoms with Crippen LogP contribution in [0.25, 0.3) is 0 Å². The molecule has 0 radical (unpaired) electrons. The largest absolute Gasteiger partial charge is 0.251 e. The topological polar surface area (TPSA) is 42.9 Å². The van der Waals surface area contributed by atoms with Crippen LogP contribution >= 0.6 is 0 Å². The van der Waals surface area contributed by atoms with Crippen molar-refractivity contribution in [1.82, 2.24) is 9.97 Å². The second kappa shape index (κ2) is 3.04. The van der Waals surface area contributed by atoms with E-state index < -0.39 is 16.6 Å². The van der Waals surface area contributed by atoms with Gasteiger partial charge in [-0.25, -0.2) is 14.4 Å². The molecule has 0 aliphatic heterocycles. The Morgan fingerprint density at radius 3 is 2.73 bits per heavy atom. The van der Waals surface area contributed by atoms with E-state index in [9.17, 15) is 8.60 Å². The first-order valence-electron chi connectivity index (χ1n) is 2.94. The molecule has 0 aliphatic rings. The number of aromatic nitrogens is 2. The smallest absolute Gasteiger partial charge is 0.218 e. The molecule has 0 bridgehead atoms. The third kappa shape index (κ3) is 1.80. The van der Waals surface area contributed by atoms with Crippen LogP contribution < -0.4 is 0 Å². The zero-order chi connectivity index (χ0) is 8.43. The molecule has 0 spiro atoms. The van der Waals surface area contributed by atoms with Gasteiger partial charge in [0.15, 0.2) is 5.82 Å². The Morgan fingerprint density at radius 1 is 1.64 bits per heavy atom. The first-order chi connectivity index (χ1) is 5.11. The monoisotopic (exact) mass is 174 g/mol. The summed E-state index contributed by atoms with van der Waals surface area (Å²) in [6, 6.07) is 0. The summed E-state index contributed by atoms with van der Waals surface area (Å²) >= 11 is 0. The average molecular weight is 174 g/mol. The first kappa shape index (κ1) is 8.26. The molecular formula is C6H7FN2OS. The molecule has 0 unspecified atom stereocenters. The molecule has 60 valence electrons. The van der Waals surface area contributed by atoms with E-state index >= 15 is 0 Å². The van der Waals surface area contributed by atoms with Gasteiger partial charge in [0.05, 0.1) is 22.7 Å². The molecule has 1 atom stereocenters. The summed E-state index contributed by atoms with van der Waals surface area (Å²) in [4.78, 5) is 7.24. The highest BCUT2D eigenvalue weighted by atomic mass is 32.2. The van der Waals surface area contributed by atoms with Crippen molar-refractivity contribution in [3.63, 3.8) is 0 Å². The third-order valence-corrected chi connectivity index (χ3v) is 1.87. The number of hydrogen-bond donors (Lipinski definition) is 0. The van der Waals surface area contributed by atoms with Crippen molar-refractivity contribution in [3.05, 3.63) is 17.7 Å². The van der Waals surface area contributed by atoms with E-state index in [1.54, 1.807) is 0 Å². The quantitative estimate of drug-likeness (QED) is 0.587. The van der Waals surface area contributed by atoms with Crippen LogP contribution in [0.5, 0.6) is 0 Å². The number of hydrogen-bond acceptors (Lipinski definition) is 3. The Labute approximate surface area is 66.1 Å². The molecular weight excluding hydrogens is 167 g/mol. The molecule has 0 saturated heterocycles. The highest BCUT2D eigenvalue weighted by Gasteiger charge is 2.04. The Hall–Kier alpha value is -0.840. The number of nitrogens with zero attached hydrogens (tertiary/aromatic N) is 2. The highest BCUT2D eigenvalue weighted by Crippen LogP contribution is 2.02. The molecule has 0 amide bonds. The van der Waals surface area contributed by atoms with Crippen molar-refractivity contribution < 1.29 is 8.60 Å². The van der Waals surface area contributed by atoms with Gasteiger partial charge in [-0.1, -0.05) is 0 Å². The van der Waals surface area contributed by atoms with Gasteiger partial charge in [0.2, 0.25) is 5.16 Å². The molecule has 5 heteroatoms. The summed E-state index contributed by atoms with van der Waals surface area (Å²) in [5.74, 6) is -0.473. The van der Waals surface area contributed by atoms with E-state index in [2.05, 4.69) is 9.97 Å². The van der Waals surface area contributed by atoms with Gasteiger partial charge < -0.3 is 0 Å². The van der Waals surface area contributed by atoms with Gasteiger partial charge in [-0.05, 0) is 6.92 Å². The summed E-state index contributed by atoms with van der Waals surface area (Å²) in [5.41, 5.74) is 0.227. The van der Waals surface area contributed by atoms with Gasteiger partial charge in [-0.15, -0.1) is 0 Å². The van der Waals surface area contributed by atoms with E-state index in [1.165, 1.54) is 13.2 Å². The summed E-state index contributed by atoms with van der Waals surface area (Å²) < 4.78 is 23.3. The fourth-order valence-corrected chi connectivity index (χ4v) is 1.04. The average Bonchev–Trinajstić information content (AvgIpc) is 1.94. The van der Waals surface area contributed by atoms with Crippen molar-refractivity contribution in [2.45, 2.75) is 12.1 Å². The predicted molar refractivity (Wildman–Crippen MR) is 39.1 cm³/mol. The molecule has 1 aromatic rings. The second-order valence-corrected chi connectivity index (χ2v) is 3.31. The molecule has 0 fully saturated rings. The molecule has 1 aromatic heterocycles. The van der Waals surface area contributed by atoms with Crippen LogP contribution in [-0.4, -0.2) is 20.4 Å². The maximum absolute atomic E-state index is 12.5. The van der Waals surface area contributed by atoms with Gasteiger partial charge in [-0.3, -0.25) is 4.21 Å². The standard InChI is InChI=1S/C6H7FN2OS/c1-4-5(7)3-8-6(9-4)11(2)10/h3H,1-2H3/t11-/m0/s1. The number of rotatable bonds is 1. The van der Waals surface area contributed by atoms with Crippen molar-refractivity contribution in [2.24, 2.45) is 0 Å². The maximum atomic E-state index is 12.5. The lowest BCUT2D eigenvalue weighted by atomic mass is 10.4. The van der Waals surface area contributed by atoms with E-state index in [1.807, 2.05) is 0 Å². The summed E-state index contributed by atoms with van der Waals surface area (Å²) in [6.45, 7) is 1.51. The van der Waals surface area contributed by atoms with Gasteiger partial charge in [-0.2, -0.15) is 0 Å². The Morgan fingerprint density at radius 2 is 2.27 bits per heavy atom. The minimum Gasteiger partial charge on any atom is -0.251 e.